The third-order valence-electron chi connectivity index (χ3n) is 3.87. The van der Waals surface area contributed by atoms with Gasteiger partial charge in [0.05, 0.1) is 23.6 Å². The molecule has 1 amide bonds. The van der Waals surface area contributed by atoms with E-state index in [0.717, 1.165) is 5.56 Å². The highest BCUT2D eigenvalue weighted by Crippen LogP contribution is 2.30. The molecule has 0 unspecified atom stereocenters. The van der Waals surface area contributed by atoms with Crippen LogP contribution in [-0.2, 0) is 16.4 Å². The van der Waals surface area contributed by atoms with E-state index in [4.69, 9.17) is 5.26 Å². The van der Waals surface area contributed by atoms with Gasteiger partial charge in [-0.3, -0.25) is 9.10 Å². The third kappa shape index (κ3) is 3.09. The first-order chi connectivity index (χ1) is 11.4. The lowest BCUT2D eigenvalue weighted by atomic mass is 10.1. The van der Waals surface area contributed by atoms with Crippen LogP contribution in [0.25, 0.3) is 0 Å². The second-order valence-corrected chi connectivity index (χ2v) is 7.48. The van der Waals surface area contributed by atoms with Crippen LogP contribution in [-0.4, -0.2) is 27.1 Å². The maximum atomic E-state index is 12.3. The van der Waals surface area contributed by atoms with Crippen LogP contribution in [0, 0.1) is 11.3 Å². The summed E-state index contributed by atoms with van der Waals surface area (Å²) < 4.78 is 24.8. The van der Waals surface area contributed by atoms with Crippen LogP contribution in [0.2, 0.25) is 0 Å². The van der Waals surface area contributed by atoms with Gasteiger partial charge in [-0.05, 0) is 54.4 Å². The van der Waals surface area contributed by atoms with Crippen molar-refractivity contribution in [3.05, 3.63) is 59.2 Å². The Balaban J connectivity index is 1.81. The third-order valence-corrected chi connectivity index (χ3v) is 5.05. The Morgan fingerprint density at radius 1 is 1.21 bits per heavy atom. The van der Waals surface area contributed by atoms with Crippen LogP contribution in [0.15, 0.2) is 42.5 Å². The SMILES string of the molecule is CS(=O)(=O)N1CCc2cc(C(=O)Nc3ccc(C#N)cc3)ccc21. The van der Waals surface area contributed by atoms with Gasteiger partial charge in [-0.2, -0.15) is 5.26 Å². The van der Waals surface area contributed by atoms with Gasteiger partial charge in [-0.1, -0.05) is 0 Å². The topological polar surface area (TPSA) is 90.3 Å². The van der Waals surface area contributed by atoms with Crippen molar-refractivity contribution in [2.24, 2.45) is 0 Å². The first-order valence-electron chi connectivity index (χ1n) is 7.30. The Kier molecular flexibility index (Phi) is 3.99. The Morgan fingerprint density at radius 3 is 2.54 bits per heavy atom. The number of carbonyl (C=O) groups is 1. The lowest BCUT2D eigenvalue weighted by molar-refractivity contribution is 0.102. The van der Waals surface area contributed by atoms with Crippen LogP contribution in [0.5, 0.6) is 0 Å². The first kappa shape index (κ1) is 16.0. The summed E-state index contributed by atoms with van der Waals surface area (Å²) in [6, 6.07) is 13.6. The molecular formula is C17H15N3O3S. The maximum absolute atomic E-state index is 12.3. The van der Waals surface area contributed by atoms with E-state index in [-0.39, 0.29) is 5.91 Å². The van der Waals surface area contributed by atoms with E-state index in [1.807, 2.05) is 6.07 Å². The maximum Gasteiger partial charge on any atom is 0.255 e. The van der Waals surface area contributed by atoms with Crippen molar-refractivity contribution in [1.82, 2.24) is 0 Å². The molecule has 0 spiro atoms. The van der Waals surface area contributed by atoms with Gasteiger partial charge < -0.3 is 5.32 Å². The van der Waals surface area contributed by atoms with Crippen molar-refractivity contribution in [2.75, 3.05) is 22.4 Å². The molecule has 1 aliphatic rings. The summed E-state index contributed by atoms with van der Waals surface area (Å²) in [5, 5.41) is 11.5. The summed E-state index contributed by atoms with van der Waals surface area (Å²) >= 11 is 0. The molecule has 122 valence electrons. The van der Waals surface area contributed by atoms with Crippen molar-refractivity contribution in [3.8, 4) is 6.07 Å². The highest BCUT2D eigenvalue weighted by molar-refractivity contribution is 7.92. The van der Waals surface area contributed by atoms with Crippen LogP contribution in [0.3, 0.4) is 0 Å². The summed E-state index contributed by atoms with van der Waals surface area (Å²) in [7, 11) is -3.30. The fourth-order valence-electron chi connectivity index (χ4n) is 2.69. The molecule has 3 rings (SSSR count). The van der Waals surface area contributed by atoms with Crippen molar-refractivity contribution in [2.45, 2.75) is 6.42 Å². The van der Waals surface area contributed by atoms with E-state index in [2.05, 4.69) is 5.32 Å². The normalized spacial score (nSPS) is 13.2. The van der Waals surface area contributed by atoms with Crippen LogP contribution >= 0.6 is 0 Å². The van der Waals surface area contributed by atoms with Gasteiger partial charge in [-0.25, -0.2) is 8.42 Å². The second kappa shape index (κ2) is 5.98. The second-order valence-electron chi connectivity index (χ2n) is 5.57. The first-order valence-corrected chi connectivity index (χ1v) is 9.15. The average Bonchev–Trinajstić information content (AvgIpc) is 2.98. The quantitative estimate of drug-likeness (QED) is 0.926. The number of sulfonamides is 1. The van der Waals surface area contributed by atoms with E-state index >= 15 is 0 Å². The van der Waals surface area contributed by atoms with E-state index < -0.39 is 10.0 Å². The molecule has 7 heteroatoms. The molecular weight excluding hydrogens is 326 g/mol. The van der Waals surface area contributed by atoms with Gasteiger partial charge in [0, 0.05) is 17.8 Å². The molecule has 0 aliphatic carbocycles. The monoisotopic (exact) mass is 341 g/mol. The zero-order chi connectivity index (χ0) is 17.3. The Labute approximate surface area is 140 Å². The highest BCUT2D eigenvalue weighted by atomic mass is 32.2. The van der Waals surface area contributed by atoms with Crippen molar-refractivity contribution < 1.29 is 13.2 Å². The molecule has 0 saturated carbocycles. The molecule has 0 radical (unpaired) electrons. The number of benzene rings is 2. The minimum absolute atomic E-state index is 0.277. The van der Waals surface area contributed by atoms with Gasteiger partial charge in [0.2, 0.25) is 10.0 Å². The minimum Gasteiger partial charge on any atom is -0.322 e. The number of anilines is 2. The van der Waals surface area contributed by atoms with Crippen molar-refractivity contribution in [3.63, 3.8) is 0 Å². The smallest absolute Gasteiger partial charge is 0.255 e. The van der Waals surface area contributed by atoms with E-state index in [9.17, 15) is 13.2 Å². The molecule has 1 aliphatic heterocycles. The van der Waals surface area contributed by atoms with E-state index in [1.165, 1.54) is 10.6 Å². The molecule has 0 saturated heterocycles. The van der Waals surface area contributed by atoms with Gasteiger partial charge in [0.25, 0.3) is 5.91 Å². The Hall–Kier alpha value is -2.85. The number of hydrogen-bond donors (Lipinski definition) is 1. The minimum atomic E-state index is -3.30. The number of fused-ring (bicyclic) bond motifs is 1. The molecule has 0 bridgehead atoms. The summed E-state index contributed by atoms with van der Waals surface area (Å²) in [6.45, 7) is 0.398. The predicted octanol–water partition coefficient (Wildman–Crippen LogP) is 2.13. The molecule has 0 aromatic heterocycles. The zero-order valence-corrected chi connectivity index (χ0v) is 13.8. The number of nitriles is 1. The fourth-order valence-corrected chi connectivity index (χ4v) is 3.65. The number of nitrogens with zero attached hydrogens (tertiary/aromatic N) is 2. The molecule has 1 N–H and O–H groups in total. The van der Waals surface area contributed by atoms with Crippen LogP contribution in [0.4, 0.5) is 11.4 Å². The number of hydrogen-bond acceptors (Lipinski definition) is 4. The molecule has 0 fully saturated rings. The van der Waals surface area contributed by atoms with Crippen LogP contribution in [0.1, 0.15) is 21.5 Å². The molecule has 0 atom stereocenters. The Bertz CT molecular complexity index is 944. The standard InChI is InChI=1S/C17H15N3O3S/c1-24(22,23)20-9-8-13-10-14(4-7-16(13)20)17(21)19-15-5-2-12(11-18)3-6-15/h2-7,10H,8-9H2,1H3,(H,19,21). The molecule has 2 aromatic rings. The average molecular weight is 341 g/mol. The van der Waals surface area contributed by atoms with E-state index in [0.29, 0.717) is 35.5 Å². The molecule has 24 heavy (non-hydrogen) atoms. The summed E-state index contributed by atoms with van der Waals surface area (Å²) in [5.74, 6) is -0.277. The Morgan fingerprint density at radius 2 is 1.92 bits per heavy atom. The number of amides is 1. The number of carbonyl (C=O) groups excluding carboxylic acids is 1. The lowest BCUT2D eigenvalue weighted by Gasteiger charge is -2.16. The predicted molar refractivity (Wildman–Crippen MR) is 91.4 cm³/mol. The lowest BCUT2D eigenvalue weighted by Crippen LogP contribution is -2.27. The van der Waals surface area contributed by atoms with Gasteiger partial charge in [0.1, 0.15) is 0 Å². The van der Waals surface area contributed by atoms with Crippen molar-refractivity contribution >= 4 is 27.3 Å². The summed E-state index contributed by atoms with van der Waals surface area (Å²) in [6.07, 6.45) is 1.76. The van der Waals surface area contributed by atoms with Crippen LogP contribution < -0.4 is 9.62 Å². The molecule has 2 aromatic carbocycles. The van der Waals surface area contributed by atoms with E-state index in [1.54, 1.807) is 42.5 Å². The van der Waals surface area contributed by atoms with Gasteiger partial charge in [0.15, 0.2) is 0 Å². The summed E-state index contributed by atoms with van der Waals surface area (Å²) in [5.41, 5.74) is 3.05. The van der Waals surface area contributed by atoms with Gasteiger partial charge >= 0.3 is 0 Å². The fraction of sp³-hybridized carbons (Fsp3) is 0.176. The summed E-state index contributed by atoms with van der Waals surface area (Å²) in [4.78, 5) is 12.3. The largest absolute Gasteiger partial charge is 0.322 e. The molecule has 1 heterocycles. The van der Waals surface area contributed by atoms with Gasteiger partial charge in [-0.15, -0.1) is 0 Å². The zero-order valence-electron chi connectivity index (χ0n) is 13.0. The highest BCUT2D eigenvalue weighted by Gasteiger charge is 2.26. The van der Waals surface area contributed by atoms with Crippen molar-refractivity contribution in [1.29, 1.82) is 5.26 Å². The number of rotatable bonds is 3. The number of nitrogens with one attached hydrogen (secondary N) is 1. The molecule has 6 nitrogen and oxygen atoms in total.